The molecule has 1 saturated heterocycles. The molecule has 218 valence electrons. The number of carbonyl (C=O) groups is 2. The number of nitrogens with one attached hydrogen (secondary N) is 2. The summed E-state index contributed by atoms with van der Waals surface area (Å²) in [6.45, 7) is 3.21. The number of hydrogen-bond acceptors (Lipinski definition) is 4. The van der Waals surface area contributed by atoms with E-state index in [2.05, 4.69) is 39.8 Å². The van der Waals surface area contributed by atoms with Crippen molar-refractivity contribution in [1.82, 2.24) is 15.5 Å². The number of urea groups is 1. The minimum atomic E-state index is -0.872. The molecule has 0 unspecified atom stereocenters. The first-order chi connectivity index (χ1) is 19.8. The van der Waals surface area contributed by atoms with Crippen LogP contribution in [-0.4, -0.2) is 59.8 Å². The molecule has 0 spiro atoms. The molecule has 1 fully saturated rings. The molecule has 1 aliphatic rings. The standard InChI is InChI=1S/C33H40ClN3O4/c34-29-16-14-28(15-17-29)33(41)19-23-37(24-20-33)22-8-18-32(26-9-3-1-4-10-26,27-11-5-2-6-12-27)25-36-31(40)35-21-7-13-30(38)39/h1-6,9-12,14-17,41H,7-8,13,18-25H2,(H,38,39)(H2,35,36,40). The third-order valence-corrected chi connectivity index (χ3v) is 8.45. The number of likely N-dealkylation sites (tertiary alicyclic amines) is 1. The molecule has 0 aromatic heterocycles. The predicted octanol–water partition coefficient (Wildman–Crippen LogP) is 5.55. The van der Waals surface area contributed by atoms with E-state index in [0.717, 1.165) is 49.2 Å². The molecule has 4 rings (SSSR count). The number of carboxylic acids is 1. The topological polar surface area (TPSA) is 102 Å². The van der Waals surface area contributed by atoms with Gasteiger partial charge in [-0.3, -0.25) is 4.79 Å². The normalized spacial score (nSPS) is 15.3. The van der Waals surface area contributed by atoms with Gasteiger partial charge >= 0.3 is 12.0 Å². The average molecular weight is 578 g/mol. The van der Waals surface area contributed by atoms with Crippen LogP contribution in [0.2, 0.25) is 5.02 Å². The Morgan fingerprint density at radius 1 is 0.854 bits per heavy atom. The molecule has 2 amide bonds. The van der Waals surface area contributed by atoms with E-state index in [1.807, 2.05) is 60.7 Å². The molecule has 0 saturated carbocycles. The number of hydrogen-bond donors (Lipinski definition) is 4. The summed E-state index contributed by atoms with van der Waals surface area (Å²) in [5, 5.41) is 26.7. The van der Waals surface area contributed by atoms with Crippen LogP contribution in [0.1, 0.15) is 55.2 Å². The molecular weight excluding hydrogens is 538 g/mol. The van der Waals surface area contributed by atoms with Gasteiger partial charge in [-0.05, 0) is 67.5 Å². The maximum absolute atomic E-state index is 12.7. The minimum Gasteiger partial charge on any atom is -0.481 e. The van der Waals surface area contributed by atoms with Crippen molar-refractivity contribution in [2.24, 2.45) is 0 Å². The second kappa shape index (κ2) is 14.5. The van der Waals surface area contributed by atoms with Crippen LogP contribution in [0.25, 0.3) is 0 Å². The van der Waals surface area contributed by atoms with Gasteiger partial charge in [-0.25, -0.2) is 4.79 Å². The molecule has 4 N–H and O–H groups in total. The maximum atomic E-state index is 12.7. The molecule has 7 nitrogen and oxygen atoms in total. The molecule has 3 aromatic carbocycles. The van der Waals surface area contributed by atoms with Crippen molar-refractivity contribution < 1.29 is 19.8 Å². The Labute approximate surface area is 247 Å². The van der Waals surface area contributed by atoms with Crippen molar-refractivity contribution in [3.05, 3.63) is 107 Å². The summed E-state index contributed by atoms with van der Waals surface area (Å²) < 4.78 is 0. The van der Waals surface area contributed by atoms with Crippen LogP contribution < -0.4 is 10.6 Å². The molecule has 0 atom stereocenters. The van der Waals surface area contributed by atoms with Gasteiger partial charge < -0.3 is 25.7 Å². The van der Waals surface area contributed by atoms with Crippen LogP contribution in [0.5, 0.6) is 0 Å². The van der Waals surface area contributed by atoms with Gasteiger partial charge in [-0.1, -0.05) is 84.4 Å². The second-order valence-electron chi connectivity index (χ2n) is 10.9. The van der Waals surface area contributed by atoms with Crippen LogP contribution in [0.4, 0.5) is 4.79 Å². The van der Waals surface area contributed by atoms with E-state index in [0.29, 0.717) is 37.4 Å². The Kier molecular flexibility index (Phi) is 10.8. The van der Waals surface area contributed by atoms with E-state index in [-0.39, 0.29) is 12.5 Å². The Morgan fingerprint density at radius 2 is 1.44 bits per heavy atom. The highest BCUT2D eigenvalue weighted by Crippen LogP contribution is 2.38. The van der Waals surface area contributed by atoms with E-state index in [1.54, 1.807) is 0 Å². The highest BCUT2D eigenvalue weighted by molar-refractivity contribution is 6.30. The molecule has 3 aromatic rings. The third-order valence-electron chi connectivity index (χ3n) is 8.20. The lowest BCUT2D eigenvalue weighted by Gasteiger charge is -2.40. The van der Waals surface area contributed by atoms with E-state index in [9.17, 15) is 14.7 Å². The lowest BCUT2D eigenvalue weighted by Crippen LogP contribution is -2.46. The number of benzene rings is 3. The van der Waals surface area contributed by atoms with Gasteiger partial charge in [0.05, 0.1) is 5.60 Å². The van der Waals surface area contributed by atoms with Crippen molar-refractivity contribution in [2.45, 2.75) is 49.5 Å². The Bertz CT molecular complexity index is 1210. The van der Waals surface area contributed by atoms with Gasteiger partial charge in [0.1, 0.15) is 0 Å². The second-order valence-corrected chi connectivity index (χ2v) is 11.3. The summed E-state index contributed by atoms with van der Waals surface area (Å²) in [5.74, 6) is -0.872. The number of carboxylic acid groups (broad SMARTS) is 1. The van der Waals surface area contributed by atoms with Crippen LogP contribution in [-0.2, 0) is 15.8 Å². The zero-order valence-corrected chi connectivity index (χ0v) is 24.2. The van der Waals surface area contributed by atoms with Crippen molar-refractivity contribution in [2.75, 3.05) is 32.7 Å². The number of aliphatic hydroxyl groups is 1. The molecule has 41 heavy (non-hydrogen) atoms. The van der Waals surface area contributed by atoms with Crippen LogP contribution in [0.3, 0.4) is 0 Å². The minimum absolute atomic E-state index is 0.0197. The number of carbonyl (C=O) groups excluding carboxylic acids is 1. The number of amides is 2. The van der Waals surface area contributed by atoms with Crippen LogP contribution in [0, 0.1) is 0 Å². The lowest BCUT2D eigenvalue weighted by molar-refractivity contribution is -0.137. The fraction of sp³-hybridized carbons (Fsp3) is 0.394. The number of nitrogens with zero attached hydrogens (tertiary/aromatic N) is 1. The number of piperidine rings is 1. The summed E-state index contributed by atoms with van der Waals surface area (Å²) in [4.78, 5) is 25.9. The highest BCUT2D eigenvalue weighted by atomic mass is 35.5. The Balaban J connectivity index is 1.43. The predicted molar refractivity (Wildman–Crippen MR) is 162 cm³/mol. The molecule has 0 radical (unpaired) electrons. The fourth-order valence-corrected chi connectivity index (χ4v) is 5.92. The van der Waals surface area contributed by atoms with E-state index in [1.165, 1.54) is 0 Å². The van der Waals surface area contributed by atoms with E-state index < -0.39 is 17.0 Å². The van der Waals surface area contributed by atoms with Gasteiger partial charge in [-0.2, -0.15) is 0 Å². The summed E-state index contributed by atoms with van der Waals surface area (Å²) in [5.41, 5.74) is 1.91. The Hall–Kier alpha value is -3.39. The summed E-state index contributed by atoms with van der Waals surface area (Å²) >= 11 is 6.04. The number of aliphatic carboxylic acids is 1. The van der Waals surface area contributed by atoms with Gasteiger partial charge in [0.15, 0.2) is 0 Å². The van der Waals surface area contributed by atoms with Crippen molar-refractivity contribution in [3.8, 4) is 0 Å². The number of halogens is 1. The van der Waals surface area contributed by atoms with Gasteiger partial charge in [0.2, 0.25) is 0 Å². The summed E-state index contributed by atoms with van der Waals surface area (Å²) in [6.07, 6.45) is 3.46. The molecule has 8 heteroatoms. The first-order valence-electron chi connectivity index (χ1n) is 14.4. The van der Waals surface area contributed by atoms with Crippen molar-refractivity contribution in [3.63, 3.8) is 0 Å². The average Bonchev–Trinajstić information content (AvgIpc) is 2.99. The lowest BCUT2D eigenvalue weighted by atomic mass is 9.71. The maximum Gasteiger partial charge on any atom is 0.314 e. The van der Waals surface area contributed by atoms with Crippen molar-refractivity contribution >= 4 is 23.6 Å². The molecule has 1 heterocycles. The van der Waals surface area contributed by atoms with E-state index in [4.69, 9.17) is 16.7 Å². The summed E-state index contributed by atoms with van der Waals surface area (Å²) in [7, 11) is 0. The fourth-order valence-electron chi connectivity index (χ4n) is 5.80. The van der Waals surface area contributed by atoms with Crippen molar-refractivity contribution in [1.29, 1.82) is 0 Å². The molecular formula is C33H40ClN3O4. The zero-order chi connectivity index (χ0) is 29.1. The zero-order valence-electron chi connectivity index (χ0n) is 23.4. The smallest absolute Gasteiger partial charge is 0.314 e. The molecule has 0 bridgehead atoms. The number of rotatable bonds is 13. The molecule has 1 aliphatic heterocycles. The SMILES string of the molecule is O=C(O)CCCNC(=O)NCC(CCCN1CCC(O)(c2ccc(Cl)cc2)CC1)(c1ccccc1)c1ccccc1. The highest BCUT2D eigenvalue weighted by Gasteiger charge is 2.36. The van der Waals surface area contributed by atoms with Gasteiger partial charge in [-0.15, -0.1) is 0 Å². The third kappa shape index (κ3) is 8.32. The quantitative estimate of drug-likeness (QED) is 0.199. The van der Waals surface area contributed by atoms with Crippen LogP contribution >= 0.6 is 11.6 Å². The summed E-state index contributed by atoms with van der Waals surface area (Å²) in [6, 6.07) is 27.8. The largest absolute Gasteiger partial charge is 0.481 e. The van der Waals surface area contributed by atoms with E-state index >= 15 is 0 Å². The monoisotopic (exact) mass is 577 g/mol. The van der Waals surface area contributed by atoms with Crippen LogP contribution in [0.15, 0.2) is 84.9 Å². The first-order valence-corrected chi connectivity index (χ1v) is 14.7. The molecule has 0 aliphatic carbocycles. The first kappa shape index (κ1) is 30.6. The van der Waals surface area contributed by atoms with Gasteiger partial charge in [0.25, 0.3) is 0 Å². The van der Waals surface area contributed by atoms with Gasteiger partial charge in [0, 0.05) is 43.0 Å². The Morgan fingerprint density at radius 3 is 2.00 bits per heavy atom.